The summed E-state index contributed by atoms with van der Waals surface area (Å²) in [6, 6.07) is 15.3. The Balaban J connectivity index is 0.000000164. The molecule has 3 N–H and O–H groups in total. The Labute approximate surface area is 319 Å². The van der Waals surface area contributed by atoms with Crippen LogP contribution in [0.25, 0.3) is 27.5 Å². The summed E-state index contributed by atoms with van der Waals surface area (Å²) < 4.78 is 9.17. The van der Waals surface area contributed by atoms with E-state index < -0.39 is 0 Å². The van der Waals surface area contributed by atoms with Crippen LogP contribution in [0.5, 0.6) is 5.75 Å². The molecule has 4 amide bonds. The van der Waals surface area contributed by atoms with Gasteiger partial charge in [0, 0.05) is 60.3 Å². The summed E-state index contributed by atoms with van der Waals surface area (Å²) in [6.07, 6.45) is 16.2. The van der Waals surface area contributed by atoms with Crippen LogP contribution in [-0.2, 0) is 11.8 Å². The average molecular weight is 745 g/mol. The number of anilines is 2. The molecule has 2 saturated heterocycles. The van der Waals surface area contributed by atoms with Gasteiger partial charge in [-0.1, -0.05) is 38.2 Å². The quantitative estimate of drug-likeness (QED) is 0.157. The fourth-order valence-electron chi connectivity index (χ4n) is 8.42. The molecule has 3 aliphatic rings. The summed E-state index contributed by atoms with van der Waals surface area (Å²) in [7, 11) is 3.67. The predicted molar refractivity (Wildman–Crippen MR) is 212 cm³/mol. The second-order valence-electron chi connectivity index (χ2n) is 14.9. The first-order valence-corrected chi connectivity index (χ1v) is 19.4. The van der Waals surface area contributed by atoms with Gasteiger partial charge in [0.1, 0.15) is 5.75 Å². The number of piperidine rings is 1. The lowest BCUT2D eigenvalue weighted by Gasteiger charge is -2.33. The van der Waals surface area contributed by atoms with E-state index in [2.05, 4.69) is 65.6 Å². The molecule has 6 heterocycles. The number of hydrogen-bond donors (Lipinski definition) is 3. The topological polar surface area (TPSA) is 155 Å². The minimum atomic E-state index is -0.323. The van der Waals surface area contributed by atoms with E-state index in [-0.39, 0.29) is 17.8 Å². The van der Waals surface area contributed by atoms with Crippen molar-refractivity contribution in [2.24, 2.45) is 13.0 Å². The second-order valence-corrected chi connectivity index (χ2v) is 14.9. The maximum Gasteiger partial charge on any atom is 0.328 e. The second kappa shape index (κ2) is 15.9. The lowest BCUT2D eigenvalue weighted by molar-refractivity contribution is -0.120. The van der Waals surface area contributed by atoms with Gasteiger partial charge in [0.15, 0.2) is 11.5 Å². The molecule has 286 valence electrons. The van der Waals surface area contributed by atoms with Crippen molar-refractivity contribution >= 4 is 56.8 Å². The van der Waals surface area contributed by atoms with E-state index >= 15 is 0 Å². The van der Waals surface area contributed by atoms with Gasteiger partial charge in [-0.3, -0.25) is 24.9 Å². The van der Waals surface area contributed by atoms with Crippen molar-refractivity contribution in [2.75, 3.05) is 43.5 Å². The SMILES string of the molecule is COc1cc2[nH]ncc2cc1C(=O)Nc1cnc2cccnn12.Cn1c(C2CCN(CCC3CCCCC3)CC2)cc2ccc(N3CCC(=O)NC3=O)cc21. The first-order valence-electron chi connectivity index (χ1n) is 19.4. The highest BCUT2D eigenvalue weighted by Crippen LogP contribution is 2.35. The van der Waals surface area contributed by atoms with Crippen molar-refractivity contribution in [1.29, 1.82) is 0 Å². The third-order valence-corrected chi connectivity index (χ3v) is 11.5. The van der Waals surface area contributed by atoms with Crippen LogP contribution >= 0.6 is 0 Å². The number of aromatic amines is 1. The summed E-state index contributed by atoms with van der Waals surface area (Å²) in [6.45, 7) is 4.11. The fraction of sp³-hybridized carbons (Fsp3) is 0.415. The molecule has 4 aromatic heterocycles. The molecule has 0 bridgehead atoms. The smallest absolute Gasteiger partial charge is 0.328 e. The number of nitrogens with zero attached hydrogens (tertiary/aromatic N) is 7. The van der Waals surface area contributed by atoms with Crippen LogP contribution in [0.2, 0.25) is 0 Å². The Hall–Kier alpha value is -5.76. The van der Waals surface area contributed by atoms with E-state index in [0.29, 0.717) is 41.7 Å². The number of H-pyrrole nitrogens is 1. The van der Waals surface area contributed by atoms with Crippen LogP contribution in [0.4, 0.5) is 16.3 Å². The highest BCUT2D eigenvalue weighted by Gasteiger charge is 2.27. The number of aromatic nitrogens is 6. The van der Waals surface area contributed by atoms with E-state index in [1.54, 1.807) is 52.3 Å². The molecule has 14 heteroatoms. The van der Waals surface area contributed by atoms with Crippen molar-refractivity contribution < 1.29 is 19.1 Å². The van der Waals surface area contributed by atoms with Crippen molar-refractivity contribution in [3.8, 4) is 5.75 Å². The molecule has 2 aromatic carbocycles. The Kier molecular flexibility index (Phi) is 10.5. The van der Waals surface area contributed by atoms with Gasteiger partial charge in [-0.05, 0) is 81.2 Å². The molecule has 0 spiro atoms. The van der Waals surface area contributed by atoms with E-state index in [1.165, 1.54) is 89.2 Å². The van der Waals surface area contributed by atoms with Gasteiger partial charge in [-0.25, -0.2) is 9.78 Å². The Morgan fingerprint density at radius 3 is 2.60 bits per heavy atom. The van der Waals surface area contributed by atoms with Gasteiger partial charge in [0.25, 0.3) is 5.91 Å². The molecule has 3 fully saturated rings. The van der Waals surface area contributed by atoms with Crippen LogP contribution in [0.1, 0.15) is 79.8 Å². The van der Waals surface area contributed by atoms with E-state index in [1.807, 2.05) is 6.07 Å². The fourth-order valence-corrected chi connectivity index (χ4v) is 8.42. The molecule has 9 rings (SSSR count). The molecule has 2 aliphatic heterocycles. The van der Waals surface area contributed by atoms with Gasteiger partial charge in [-0.2, -0.15) is 14.7 Å². The number of imide groups is 1. The summed E-state index contributed by atoms with van der Waals surface area (Å²) in [5.74, 6) is 2.00. The molecule has 0 unspecified atom stereocenters. The zero-order chi connectivity index (χ0) is 37.9. The first kappa shape index (κ1) is 36.2. The number of likely N-dealkylation sites (tertiary alicyclic amines) is 1. The number of carbonyl (C=O) groups excluding carboxylic acids is 3. The zero-order valence-electron chi connectivity index (χ0n) is 31.5. The number of methoxy groups -OCH3 is 1. The standard InChI is InChI=1S/C26H36N4O2.C15H12N6O2/c1-28-23(20-10-14-29(15-11-20)13-9-19-5-3-2-4-6-19)17-21-7-8-22(18-24(21)28)30-16-12-25(31)27-26(30)32;1-23-12-6-11-9(7-17-20-11)5-10(12)15(22)19-14-8-16-13-3-2-4-18-21(13)14/h7-8,17-20H,2-6,9-16H2,1H3,(H,27,31,32);2-8H,1H3,(H,17,20)(H,19,22). The molecule has 0 atom stereocenters. The molecular weight excluding hydrogens is 697 g/mol. The van der Waals surface area contributed by atoms with Gasteiger partial charge < -0.3 is 19.5 Å². The normalized spacial score (nSPS) is 17.4. The van der Waals surface area contributed by atoms with Crippen LogP contribution in [0.3, 0.4) is 0 Å². The van der Waals surface area contributed by atoms with E-state index in [4.69, 9.17) is 4.74 Å². The highest BCUT2D eigenvalue weighted by molar-refractivity contribution is 6.08. The van der Waals surface area contributed by atoms with Crippen LogP contribution in [-0.4, -0.2) is 85.4 Å². The monoisotopic (exact) mass is 744 g/mol. The lowest BCUT2D eigenvalue weighted by atomic mass is 9.86. The van der Waals surface area contributed by atoms with Crippen molar-refractivity contribution in [3.05, 3.63) is 78.4 Å². The maximum absolute atomic E-state index is 12.6. The largest absolute Gasteiger partial charge is 0.496 e. The lowest BCUT2D eigenvalue weighted by Crippen LogP contribution is -2.49. The summed E-state index contributed by atoms with van der Waals surface area (Å²) in [4.78, 5) is 44.9. The molecule has 6 aromatic rings. The molecule has 1 saturated carbocycles. The molecule has 55 heavy (non-hydrogen) atoms. The Bertz CT molecular complexity index is 2330. The summed E-state index contributed by atoms with van der Waals surface area (Å²) in [5.41, 5.74) is 5.28. The summed E-state index contributed by atoms with van der Waals surface area (Å²) >= 11 is 0. The van der Waals surface area contributed by atoms with Gasteiger partial charge >= 0.3 is 6.03 Å². The Morgan fingerprint density at radius 1 is 0.964 bits per heavy atom. The van der Waals surface area contributed by atoms with Crippen molar-refractivity contribution in [3.63, 3.8) is 0 Å². The van der Waals surface area contributed by atoms with Crippen molar-refractivity contribution in [2.45, 2.75) is 63.7 Å². The zero-order valence-corrected chi connectivity index (χ0v) is 31.5. The number of fused-ring (bicyclic) bond motifs is 3. The molecular formula is C41H48N10O4. The third kappa shape index (κ3) is 7.77. The number of carbonyl (C=O) groups is 3. The minimum absolute atomic E-state index is 0.196. The van der Waals surface area contributed by atoms with Gasteiger partial charge in [0.2, 0.25) is 5.91 Å². The van der Waals surface area contributed by atoms with E-state index in [0.717, 1.165) is 28.0 Å². The molecule has 0 radical (unpaired) electrons. The van der Waals surface area contributed by atoms with E-state index in [9.17, 15) is 14.4 Å². The predicted octanol–water partition coefficient (Wildman–Crippen LogP) is 6.64. The number of amides is 4. The summed E-state index contributed by atoms with van der Waals surface area (Å²) in [5, 5.41) is 18.2. The number of urea groups is 1. The Morgan fingerprint density at radius 2 is 1.80 bits per heavy atom. The van der Waals surface area contributed by atoms with Crippen molar-refractivity contribution in [1.82, 2.24) is 39.6 Å². The number of aryl methyl sites for hydroxylation is 1. The average Bonchev–Trinajstić information content (AvgIpc) is 3.94. The van der Waals surface area contributed by atoms with Crippen LogP contribution < -0.4 is 20.3 Å². The highest BCUT2D eigenvalue weighted by atomic mass is 16.5. The number of hydrogen-bond acceptors (Lipinski definition) is 8. The van der Waals surface area contributed by atoms with Crippen LogP contribution in [0, 0.1) is 5.92 Å². The number of rotatable bonds is 8. The van der Waals surface area contributed by atoms with Gasteiger partial charge in [0.05, 0.1) is 36.1 Å². The number of imidazole rings is 1. The molecule has 1 aliphatic carbocycles. The first-order chi connectivity index (χ1) is 26.8. The third-order valence-electron chi connectivity index (χ3n) is 11.5. The van der Waals surface area contributed by atoms with Crippen LogP contribution in [0.15, 0.2) is 67.1 Å². The number of nitrogens with one attached hydrogen (secondary N) is 3. The minimum Gasteiger partial charge on any atom is -0.496 e. The number of ether oxygens (including phenoxy) is 1. The van der Waals surface area contributed by atoms with Gasteiger partial charge in [-0.15, -0.1) is 0 Å². The molecule has 14 nitrogen and oxygen atoms in total. The number of benzene rings is 2. The maximum atomic E-state index is 12.6.